The second kappa shape index (κ2) is 5.63. The van der Waals surface area contributed by atoms with Gasteiger partial charge in [0.2, 0.25) is 0 Å². The fourth-order valence-corrected chi connectivity index (χ4v) is 2.65. The summed E-state index contributed by atoms with van der Waals surface area (Å²) in [5.41, 5.74) is 6.88. The molecule has 3 nitrogen and oxygen atoms in total. The van der Waals surface area contributed by atoms with Crippen molar-refractivity contribution in [1.29, 1.82) is 0 Å². The molecule has 1 heterocycles. The highest BCUT2D eigenvalue weighted by Crippen LogP contribution is 2.30. The van der Waals surface area contributed by atoms with E-state index >= 15 is 0 Å². The minimum Gasteiger partial charge on any atom is -0.372 e. The van der Waals surface area contributed by atoms with Crippen molar-refractivity contribution in [3.8, 4) is 0 Å². The molecule has 0 radical (unpaired) electrons. The normalized spacial score (nSPS) is 16.2. The summed E-state index contributed by atoms with van der Waals surface area (Å²) in [6, 6.07) is 6.84. The first-order valence-electron chi connectivity index (χ1n) is 6.45. The van der Waals surface area contributed by atoms with Gasteiger partial charge in [0.05, 0.1) is 13.2 Å². The zero-order valence-electron chi connectivity index (χ0n) is 10.7. The number of nitrogens with one attached hydrogen (secondary N) is 1. The van der Waals surface area contributed by atoms with Gasteiger partial charge in [-0.25, -0.2) is 0 Å². The molecule has 1 aromatic rings. The summed E-state index contributed by atoms with van der Waals surface area (Å²) in [5.74, 6) is 6.30. The summed E-state index contributed by atoms with van der Waals surface area (Å²) < 4.78 is 5.44. The molecule has 17 heavy (non-hydrogen) atoms. The highest BCUT2D eigenvalue weighted by Gasteiger charge is 2.21. The second-order valence-electron chi connectivity index (χ2n) is 4.74. The largest absolute Gasteiger partial charge is 0.372 e. The smallest absolute Gasteiger partial charge is 0.0725 e. The standard InChI is InChI=1S/C14H22N2O/c1-3-10(4-2)14(16-15)11-5-6-12-8-17-9-13(12)7-11/h5-7,10,14,16H,3-4,8-9,15H2,1-2H3. The molecule has 1 atom stereocenters. The number of hydrazine groups is 1. The average Bonchev–Trinajstić information content (AvgIpc) is 2.82. The van der Waals surface area contributed by atoms with Gasteiger partial charge in [0.25, 0.3) is 0 Å². The lowest BCUT2D eigenvalue weighted by Crippen LogP contribution is -2.33. The number of fused-ring (bicyclic) bond motifs is 1. The molecule has 94 valence electrons. The Kier molecular flexibility index (Phi) is 4.15. The Balaban J connectivity index is 2.25. The summed E-state index contributed by atoms with van der Waals surface area (Å²) in [6.45, 7) is 5.93. The molecule has 1 aliphatic heterocycles. The summed E-state index contributed by atoms with van der Waals surface area (Å²) in [4.78, 5) is 0. The van der Waals surface area contributed by atoms with Crippen molar-refractivity contribution in [2.24, 2.45) is 11.8 Å². The molecule has 0 aliphatic carbocycles. The van der Waals surface area contributed by atoms with E-state index in [9.17, 15) is 0 Å². The number of benzene rings is 1. The van der Waals surface area contributed by atoms with E-state index in [1.54, 1.807) is 0 Å². The molecule has 3 heteroatoms. The van der Waals surface area contributed by atoms with Gasteiger partial charge < -0.3 is 4.74 Å². The number of ether oxygens (including phenoxy) is 1. The molecular weight excluding hydrogens is 212 g/mol. The third-order valence-electron chi connectivity index (χ3n) is 3.80. The molecule has 0 bridgehead atoms. The Morgan fingerprint density at radius 2 is 1.94 bits per heavy atom. The summed E-state index contributed by atoms with van der Waals surface area (Å²) in [5, 5.41) is 0. The minimum atomic E-state index is 0.246. The maximum absolute atomic E-state index is 5.72. The summed E-state index contributed by atoms with van der Waals surface area (Å²) in [7, 11) is 0. The van der Waals surface area contributed by atoms with E-state index in [0.717, 1.165) is 26.1 Å². The summed E-state index contributed by atoms with van der Waals surface area (Å²) in [6.07, 6.45) is 2.28. The number of rotatable bonds is 5. The lowest BCUT2D eigenvalue weighted by Gasteiger charge is -2.25. The van der Waals surface area contributed by atoms with Crippen molar-refractivity contribution in [1.82, 2.24) is 5.43 Å². The highest BCUT2D eigenvalue weighted by atomic mass is 16.5. The van der Waals surface area contributed by atoms with Crippen molar-refractivity contribution in [2.45, 2.75) is 45.9 Å². The van der Waals surface area contributed by atoms with Gasteiger partial charge in [0, 0.05) is 6.04 Å². The highest BCUT2D eigenvalue weighted by molar-refractivity contribution is 5.34. The number of hydrogen-bond acceptors (Lipinski definition) is 3. The Morgan fingerprint density at radius 1 is 1.24 bits per heavy atom. The van der Waals surface area contributed by atoms with Gasteiger partial charge in [0.1, 0.15) is 0 Å². The maximum atomic E-state index is 5.72. The molecule has 0 amide bonds. The van der Waals surface area contributed by atoms with Gasteiger partial charge in [-0.3, -0.25) is 11.3 Å². The van der Waals surface area contributed by atoms with Crippen LogP contribution in [-0.4, -0.2) is 0 Å². The zero-order chi connectivity index (χ0) is 12.3. The van der Waals surface area contributed by atoms with Crippen LogP contribution in [0.2, 0.25) is 0 Å². The Morgan fingerprint density at radius 3 is 2.59 bits per heavy atom. The molecule has 2 rings (SSSR count). The minimum absolute atomic E-state index is 0.246. The molecule has 0 saturated heterocycles. The van der Waals surface area contributed by atoms with Crippen LogP contribution in [0.25, 0.3) is 0 Å². The quantitative estimate of drug-likeness (QED) is 0.608. The molecule has 0 aromatic heterocycles. The first-order valence-corrected chi connectivity index (χ1v) is 6.45. The lowest BCUT2D eigenvalue weighted by atomic mass is 9.88. The summed E-state index contributed by atoms with van der Waals surface area (Å²) >= 11 is 0. The Hall–Kier alpha value is -0.900. The fourth-order valence-electron chi connectivity index (χ4n) is 2.65. The van der Waals surface area contributed by atoms with Crippen molar-refractivity contribution in [3.63, 3.8) is 0 Å². The molecule has 3 N–H and O–H groups in total. The van der Waals surface area contributed by atoms with Crippen molar-refractivity contribution >= 4 is 0 Å². The first-order chi connectivity index (χ1) is 8.30. The van der Waals surface area contributed by atoms with Crippen LogP contribution in [0.4, 0.5) is 0 Å². The van der Waals surface area contributed by atoms with Gasteiger partial charge in [-0.1, -0.05) is 44.9 Å². The van der Waals surface area contributed by atoms with Gasteiger partial charge in [0.15, 0.2) is 0 Å². The molecule has 1 aliphatic rings. The molecule has 1 aromatic carbocycles. The van der Waals surface area contributed by atoms with E-state index < -0.39 is 0 Å². The number of nitrogens with two attached hydrogens (primary N) is 1. The average molecular weight is 234 g/mol. The van der Waals surface area contributed by atoms with Gasteiger partial charge in [-0.15, -0.1) is 0 Å². The molecule has 1 unspecified atom stereocenters. The van der Waals surface area contributed by atoms with Crippen molar-refractivity contribution in [3.05, 3.63) is 34.9 Å². The lowest BCUT2D eigenvalue weighted by molar-refractivity contribution is 0.134. The van der Waals surface area contributed by atoms with E-state index in [0.29, 0.717) is 5.92 Å². The third kappa shape index (κ3) is 2.51. The third-order valence-corrected chi connectivity index (χ3v) is 3.80. The van der Waals surface area contributed by atoms with E-state index in [-0.39, 0.29) is 6.04 Å². The van der Waals surface area contributed by atoms with Crippen LogP contribution in [0, 0.1) is 5.92 Å². The number of hydrogen-bond donors (Lipinski definition) is 2. The van der Waals surface area contributed by atoms with Gasteiger partial charge in [-0.05, 0) is 22.6 Å². The first kappa shape index (κ1) is 12.6. The van der Waals surface area contributed by atoms with Gasteiger partial charge in [-0.2, -0.15) is 0 Å². The topological polar surface area (TPSA) is 47.3 Å². The van der Waals surface area contributed by atoms with Crippen molar-refractivity contribution < 1.29 is 4.74 Å². The SMILES string of the molecule is CCC(CC)C(NN)c1ccc2c(c1)COC2. The van der Waals surface area contributed by atoms with Crippen LogP contribution in [0.1, 0.15) is 49.4 Å². The van der Waals surface area contributed by atoms with Crippen molar-refractivity contribution in [2.75, 3.05) is 0 Å². The van der Waals surface area contributed by atoms with E-state index in [2.05, 4.69) is 37.5 Å². The van der Waals surface area contributed by atoms with Crippen LogP contribution >= 0.6 is 0 Å². The fraction of sp³-hybridized carbons (Fsp3) is 0.571. The molecule has 0 saturated carbocycles. The van der Waals surface area contributed by atoms with E-state index in [1.165, 1.54) is 16.7 Å². The predicted octanol–water partition coefficient (Wildman–Crippen LogP) is 2.66. The maximum Gasteiger partial charge on any atom is 0.0725 e. The monoisotopic (exact) mass is 234 g/mol. The predicted molar refractivity (Wildman–Crippen MR) is 69.1 cm³/mol. The van der Waals surface area contributed by atoms with Crippen LogP contribution in [0.15, 0.2) is 18.2 Å². The van der Waals surface area contributed by atoms with Crippen LogP contribution < -0.4 is 11.3 Å². The van der Waals surface area contributed by atoms with E-state index in [1.807, 2.05) is 0 Å². The molecule has 0 fully saturated rings. The van der Waals surface area contributed by atoms with Crippen LogP contribution in [0.3, 0.4) is 0 Å². The molecule has 0 spiro atoms. The van der Waals surface area contributed by atoms with E-state index in [4.69, 9.17) is 10.6 Å². The second-order valence-corrected chi connectivity index (χ2v) is 4.74. The van der Waals surface area contributed by atoms with Crippen LogP contribution in [0.5, 0.6) is 0 Å². The van der Waals surface area contributed by atoms with Crippen LogP contribution in [-0.2, 0) is 18.0 Å². The Bertz CT molecular complexity index is 374. The van der Waals surface area contributed by atoms with Gasteiger partial charge >= 0.3 is 0 Å². The Labute approximate surface area is 103 Å². The molecular formula is C14H22N2O. The zero-order valence-corrected chi connectivity index (χ0v) is 10.7.